The van der Waals surface area contributed by atoms with Crippen molar-refractivity contribution in [1.29, 1.82) is 0 Å². The summed E-state index contributed by atoms with van der Waals surface area (Å²) in [6, 6.07) is 5.74. The summed E-state index contributed by atoms with van der Waals surface area (Å²) in [5.41, 5.74) is 1.86. The summed E-state index contributed by atoms with van der Waals surface area (Å²) in [4.78, 5) is 14.7. The first-order chi connectivity index (χ1) is 10.1. The lowest BCUT2D eigenvalue weighted by Crippen LogP contribution is -2.38. The van der Waals surface area contributed by atoms with Crippen LogP contribution in [0.15, 0.2) is 22.7 Å². The molecule has 1 amide bonds. The van der Waals surface area contributed by atoms with Gasteiger partial charge >= 0.3 is 0 Å². The Morgan fingerprint density at radius 1 is 1.33 bits per heavy atom. The summed E-state index contributed by atoms with van der Waals surface area (Å²) < 4.78 is 0.983. The maximum absolute atomic E-state index is 12.2. The molecule has 0 spiro atoms. The number of nitrogens with one attached hydrogen (secondary N) is 1. The largest absolute Gasteiger partial charge is 0.352 e. The minimum Gasteiger partial charge on any atom is -0.352 e. The minimum absolute atomic E-state index is 0.0150. The van der Waals surface area contributed by atoms with E-state index in [1.807, 2.05) is 25.1 Å². The van der Waals surface area contributed by atoms with Gasteiger partial charge < -0.3 is 10.2 Å². The van der Waals surface area contributed by atoms with Gasteiger partial charge in [0, 0.05) is 23.1 Å². The Balaban J connectivity index is 1.78. The molecular weight excluding hydrogens is 328 g/mol. The molecule has 2 rings (SSSR count). The van der Waals surface area contributed by atoms with Gasteiger partial charge in [0.05, 0.1) is 0 Å². The zero-order valence-electron chi connectivity index (χ0n) is 13.0. The van der Waals surface area contributed by atoms with Crippen LogP contribution in [0, 0.1) is 12.8 Å². The molecule has 0 aromatic heterocycles. The van der Waals surface area contributed by atoms with Crippen LogP contribution < -0.4 is 5.32 Å². The normalized spacial score (nSPS) is 17.5. The molecule has 1 unspecified atom stereocenters. The fourth-order valence-electron chi connectivity index (χ4n) is 2.75. The molecule has 0 aliphatic carbocycles. The Kier molecular flexibility index (Phi) is 6.24. The van der Waals surface area contributed by atoms with Crippen molar-refractivity contribution in [2.24, 2.45) is 5.92 Å². The Bertz CT molecular complexity index is 484. The summed E-state index contributed by atoms with van der Waals surface area (Å²) in [5, 5.41) is 3.05. The average molecular weight is 353 g/mol. The first-order valence-corrected chi connectivity index (χ1v) is 8.62. The molecular formula is C17H25BrN2O. The first kappa shape index (κ1) is 16.5. The molecule has 1 aromatic carbocycles. The summed E-state index contributed by atoms with van der Waals surface area (Å²) in [6.07, 6.45) is 4.00. The highest BCUT2D eigenvalue weighted by atomic mass is 79.9. The Morgan fingerprint density at radius 2 is 2.05 bits per heavy atom. The number of rotatable bonds is 5. The molecule has 116 valence electrons. The molecule has 21 heavy (non-hydrogen) atoms. The molecule has 4 heteroatoms. The lowest BCUT2D eigenvalue weighted by Gasteiger charge is -2.29. The molecule has 0 radical (unpaired) electrons. The molecule has 1 N–H and O–H groups in total. The fraction of sp³-hybridized carbons (Fsp3) is 0.588. The molecule has 1 aromatic rings. The van der Waals surface area contributed by atoms with Crippen LogP contribution >= 0.6 is 15.9 Å². The van der Waals surface area contributed by atoms with Crippen LogP contribution in [-0.4, -0.2) is 37.0 Å². The summed E-state index contributed by atoms with van der Waals surface area (Å²) in [6.45, 7) is 8.47. The Hall–Kier alpha value is -0.870. The number of benzene rings is 1. The van der Waals surface area contributed by atoms with Crippen LogP contribution in [-0.2, 0) is 0 Å². The van der Waals surface area contributed by atoms with E-state index in [2.05, 4.69) is 33.1 Å². The van der Waals surface area contributed by atoms with Crippen molar-refractivity contribution in [2.45, 2.75) is 33.1 Å². The van der Waals surface area contributed by atoms with Crippen molar-refractivity contribution in [3.63, 3.8) is 0 Å². The molecule has 1 fully saturated rings. The van der Waals surface area contributed by atoms with Crippen molar-refractivity contribution in [3.05, 3.63) is 33.8 Å². The number of nitrogens with zero attached hydrogens (tertiary/aromatic N) is 1. The van der Waals surface area contributed by atoms with Crippen molar-refractivity contribution in [3.8, 4) is 0 Å². The van der Waals surface area contributed by atoms with Crippen LogP contribution in [0.4, 0.5) is 0 Å². The lowest BCUT2D eigenvalue weighted by molar-refractivity contribution is 0.0942. The molecule has 1 aliphatic heterocycles. The van der Waals surface area contributed by atoms with E-state index in [-0.39, 0.29) is 5.91 Å². The third-order valence-electron chi connectivity index (χ3n) is 4.06. The molecule has 0 saturated carbocycles. The number of likely N-dealkylation sites (tertiary alicyclic amines) is 1. The number of hydrogen-bond donors (Lipinski definition) is 1. The molecule has 3 nitrogen and oxygen atoms in total. The van der Waals surface area contributed by atoms with E-state index < -0.39 is 0 Å². The second kappa shape index (κ2) is 7.95. The standard InChI is InChI=1S/C17H25BrN2O/c1-13(12-20-8-4-3-5-9-20)11-19-17(21)15-7-6-14(2)16(18)10-15/h6-7,10,13H,3-5,8-9,11-12H2,1-2H3,(H,19,21). The van der Waals surface area contributed by atoms with Crippen molar-refractivity contribution in [1.82, 2.24) is 10.2 Å². The number of hydrogen-bond acceptors (Lipinski definition) is 2. The van der Waals surface area contributed by atoms with Gasteiger partial charge in [-0.05, 0) is 56.5 Å². The van der Waals surface area contributed by atoms with E-state index in [1.54, 1.807) is 0 Å². The second-order valence-electron chi connectivity index (χ2n) is 6.14. The van der Waals surface area contributed by atoms with Gasteiger partial charge in [0.1, 0.15) is 0 Å². The van der Waals surface area contributed by atoms with E-state index in [4.69, 9.17) is 0 Å². The molecule has 0 bridgehead atoms. The van der Waals surface area contributed by atoms with Gasteiger partial charge in [0.15, 0.2) is 0 Å². The molecule has 1 aliphatic rings. The van der Waals surface area contributed by atoms with Crippen LogP contribution in [0.2, 0.25) is 0 Å². The zero-order chi connectivity index (χ0) is 15.2. The fourth-order valence-corrected chi connectivity index (χ4v) is 3.13. The van der Waals surface area contributed by atoms with Crippen LogP contribution in [0.5, 0.6) is 0 Å². The number of piperidine rings is 1. The van der Waals surface area contributed by atoms with Gasteiger partial charge in [-0.3, -0.25) is 4.79 Å². The SMILES string of the molecule is Cc1ccc(C(=O)NCC(C)CN2CCCCC2)cc1Br. The quantitative estimate of drug-likeness (QED) is 0.877. The van der Waals surface area contributed by atoms with Gasteiger partial charge in [-0.1, -0.05) is 35.3 Å². The number of carbonyl (C=O) groups is 1. The molecule has 1 saturated heterocycles. The smallest absolute Gasteiger partial charge is 0.251 e. The highest BCUT2D eigenvalue weighted by molar-refractivity contribution is 9.10. The van der Waals surface area contributed by atoms with E-state index in [1.165, 1.54) is 32.4 Å². The maximum Gasteiger partial charge on any atom is 0.251 e. The average Bonchev–Trinajstić information content (AvgIpc) is 2.48. The number of carbonyl (C=O) groups excluding carboxylic acids is 1. The highest BCUT2D eigenvalue weighted by Gasteiger charge is 2.14. The maximum atomic E-state index is 12.2. The monoisotopic (exact) mass is 352 g/mol. The van der Waals surface area contributed by atoms with Gasteiger partial charge in [-0.25, -0.2) is 0 Å². The van der Waals surface area contributed by atoms with Crippen LogP contribution in [0.1, 0.15) is 42.1 Å². The number of halogens is 1. The lowest BCUT2D eigenvalue weighted by atomic mass is 10.1. The van der Waals surface area contributed by atoms with Crippen molar-refractivity contribution >= 4 is 21.8 Å². The third-order valence-corrected chi connectivity index (χ3v) is 4.92. The molecule has 1 heterocycles. The Labute approximate surface area is 136 Å². The second-order valence-corrected chi connectivity index (χ2v) is 6.99. The number of amides is 1. The summed E-state index contributed by atoms with van der Waals surface area (Å²) in [5.74, 6) is 0.502. The predicted molar refractivity (Wildman–Crippen MR) is 90.7 cm³/mol. The molecule has 1 atom stereocenters. The predicted octanol–water partition coefficient (Wildman–Crippen LogP) is 3.61. The first-order valence-electron chi connectivity index (χ1n) is 7.83. The van der Waals surface area contributed by atoms with Gasteiger partial charge in [0.25, 0.3) is 5.91 Å². The van der Waals surface area contributed by atoms with E-state index in [9.17, 15) is 4.79 Å². The van der Waals surface area contributed by atoms with Crippen LogP contribution in [0.25, 0.3) is 0 Å². The topological polar surface area (TPSA) is 32.3 Å². The van der Waals surface area contributed by atoms with E-state index >= 15 is 0 Å². The summed E-state index contributed by atoms with van der Waals surface area (Å²) >= 11 is 3.47. The Morgan fingerprint density at radius 3 is 2.71 bits per heavy atom. The van der Waals surface area contributed by atoms with Crippen molar-refractivity contribution < 1.29 is 4.79 Å². The highest BCUT2D eigenvalue weighted by Crippen LogP contribution is 2.17. The van der Waals surface area contributed by atoms with E-state index in [0.29, 0.717) is 5.92 Å². The van der Waals surface area contributed by atoms with Crippen LogP contribution in [0.3, 0.4) is 0 Å². The van der Waals surface area contributed by atoms with Gasteiger partial charge in [0.2, 0.25) is 0 Å². The van der Waals surface area contributed by atoms with E-state index in [0.717, 1.165) is 28.7 Å². The van der Waals surface area contributed by atoms with Gasteiger partial charge in [-0.2, -0.15) is 0 Å². The third kappa shape index (κ3) is 5.11. The summed E-state index contributed by atoms with van der Waals surface area (Å²) in [7, 11) is 0. The van der Waals surface area contributed by atoms with Gasteiger partial charge in [-0.15, -0.1) is 0 Å². The minimum atomic E-state index is 0.0150. The van der Waals surface area contributed by atoms with Crippen molar-refractivity contribution in [2.75, 3.05) is 26.2 Å². The number of aryl methyl sites for hydroxylation is 1. The zero-order valence-corrected chi connectivity index (χ0v) is 14.6.